The van der Waals surface area contributed by atoms with Crippen LogP contribution in [-0.4, -0.2) is 24.0 Å². The highest BCUT2D eigenvalue weighted by molar-refractivity contribution is 5.76. The van der Waals surface area contributed by atoms with Gasteiger partial charge in [-0.25, -0.2) is 4.98 Å². The third-order valence-corrected chi connectivity index (χ3v) is 3.51. The zero-order chi connectivity index (χ0) is 15.9. The van der Waals surface area contributed by atoms with E-state index in [4.69, 9.17) is 9.15 Å². The fraction of sp³-hybridized carbons (Fsp3) is 0.412. The molecule has 1 aromatic carbocycles. The Morgan fingerprint density at radius 1 is 1.36 bits per heavy atom. The number of methoxy groups -OCH3 is 1. The van der Waals surface area contributed by atoms with Crippen molar-refractivity contribution in [3.05, 3.63) is 36.4 Å². The Bertz CT molecular complexity index is 605. The summed E-state index contributed by atoms with van der Waals surface area (Å²) in [5, 5.41) is 2.93. The van der Waals surface area contributed by atoms with Crippen LogP contribution in [0.1, 0.15) is 32.6 Å². The summed E-state index contributed by atoms with van der Waals surface area (Å²) in [6.45, 7) is 4.03. The third kappa shape index (κ3) is 4.35. The highest BCUT2D eigenvalue weighted by Crippen LogP contribution is 2.23. The van der Waals surface area contributed by atoms with Gasteiger partial charge in [0.25, 0.3) is 0 Å². The maximum Gasteiger partial charge on any atom is 0.220 e. The fourth-order valence-electron chi connectivity index (χ4n) is 1.98. The predicted octanol–water partition coefficient (Wildman–Crippen LogP) is 3.20. The van der Waals surface area contributed by atoms with Gasteiger partial charge in [0.05, 0.1) is 13.3 Å². The van der Waals surface area contributed by atoms with Crippen molar-refractivity contribution < 1.29 is 13.9 Å². The maximum absolute atomic E-state index is 11.7. The number of nitrogens with zero attached hydrogens (tertiary/aromatic N) is 1. The number of oxazole rings is 1. The maximum atomic E-state index is 11.7. The Morgan fingerprint density at radius 2 is 2.09 bits per heavy atom. The SMILES string of the molecule is CC[C@H](C)NC(=O)CCc1ncc(-c2ccc(OC)cc2)o1. The average Bonchev–Trinajstić information content (AvgIpc) is 3.02. The molecule has 2 rings (SSSR count). The molecule has 0 saturated heterocycles. The number of aromatic nitrogens is 1. The lowest BCUT2D eigenvalue weighted by Crippen LogP contribution is -2.32. The van der Waals surface area contributed by atoms with E-state index < -0.39 is 0 Å². The Labute approximate surface area is 130 Å². The summed E-state index contributed by atoms with van der Waals surface area (Å²) in [7, 11) is 1.63. The molecule has 0 spiro atoms. The predicted molar refractivity (Wildman–Crippen MR) is 84.7 cm³/mol. The van der Waals surface area contributed by atoms with E-state index in [0.29, 0.717) is 24.5 Å². The van der Waals surface area contributed by atoms with Gasteiger partial charge in [0, 0.05) is 24.4 Å². The highest BCUT2D eigenvalue weighted by atomic mass is 16.5. The van der Waals surface area contributed by atoms with Gasteiger partial charge in [-0.1, -0.05) is 6.92 Å². The molecule has 22 heavy (non-hydrogen) atoms. The van der Waals surface area contributed by atoms with Crippen molar-refractivity contribution in [2.24, 2.45) is 0 Å². The summed E-state index contributed by atoms with van der Waals surface area (Å²) in [6.07, 6.45) is 3.49. The smallest absolute Gasteiger partial charge is 0.220 e. The van der Waals surface area contributed by atoms with Crippen LogP contribution in [0, 0.1) is 0 Å². The van der Waals surface area contributed by atoms with Crippen LogP contribution < -0.4 is 10.1 Å². The summed E-state index contributed by atoms with van der Waals surface area (Å²) in [6, 6.07) is 7.78. The molecule has 1 heterocycles. The highest BCUT2D eigenvalue weighted by Gasteiger charge is 2.10. The van der Waals surface area contributed by atoms with E-state index in [9.17, 15) is 4.79 Å². The third-order valence-electron chi connectivity index (χ3n) is 3.51. The number of ether oxygens (including phenoxy) is 1. The molecule has 5 heteroatoms. The lowest BCUT2D eigenvalue weighted by atomic mass is 10.2. The second kappa shape index (κ2) is 7.64. The van der Waals surface area contributed by atoms with Crippen LogP contribution in [0.3, 0.4) is 0 Å². The van der Waals surface area contributed by atoms with Gasteiger partial charge in [-0.15, -0.1) is 0 Å². The van der Waals surface area contributed by atoms with Crippen LogP contribution in [0.2, 0.25) is 0 Å². The molecule has 0 saturated carbocycles. The van der Waals surface area contributed by atoms with Crippen LogP contribution >= 0.6 is 0 Å². The molecule has 118 valence electrons. The van der Waals surface area contributed by atoms with Crippen LogP contribution in [-0.2, 0) is 11.2 Å². The number of hydrogen-bond donors (Lipinski definition) is 1. The minimum absolute atomic E-state index is 0.0264. The molecular weight excluding hydrogens is 280 g/mol. The van der Waals surface area contributed by atoms with Gasteiger partial charge in [0.2, 0.25) is 5.91 Å². The minimum Gasteiger partial charge on any atom is -0.497 e. The van der Waals surface area contributed by atoms with Crippen LogP contribution in [0.15, 0.2) is 34.9 Å². The van der Waals surface area contributed by atoms with Gasteiger partial charge in [-0.3, -0.25) is 4.79 Å². The van der Waals surface area contributed by atoms with E-state index in [0.717, 1.165) is 17.7 Å². The van der Waals surface area contributed by atoms with Crippen LogP contribution in [0.4, 0.5) is 0 Å². The number of rotatable bonds is 7. The number of carbonyl (C=O) groups excluding carboxylic acids is 1. The monoisotopic (exact) mass is 302 g/mol. The Balaban J connectivity index is 1.92. The first kappa shape index (κ1) is 16.1. The van der Waals surface area contributed by atoms with Crippen molar-refractivity contribution in [1.82, 2.24) is 10.3 Å². The van der Waals surface area contributed by atoms with Gasteiger partial charge < -0.3 is 14.5 Å². The lowest BCUT2D eigenvalue weighted by Gasteiger charge is -2.10. The first-order valence-corrected chi connectivity index (χ1v) is 7.51. The molecule has 5 nitrogen and oxygen atoms in total. The molecule has 0 aliphatic heterocycles. The molecule has 1 atom stereocenters. The topological polar surface area (TPSA) is 64.4 Å². The number of amides is 1. The standard InChI is InChI=1S/C17H22N2O3/c1-4-12(2)19-16(20)9-10-17-18-11-15(22-17)13-5-7-14(21-3)8-6-13/h5-8,11-12H,4,9-10H2,1-3H3,(H,19,20)/t12-/m0/s1. The molecule has 1 aromatic heterocycles. The second-order valence-electron chi connectivity index (χ2n) is 5.22. The van der Waals surface area contributed by atoms with Gasteiger partial charge >= 0.3 is 0 Å². The first-order valence-electron chi connectivity index (χ1n) is 7.51. The number of carbonyl (C=O) groups is 1. The summed E-state index contributed by atoms with van der Waals surface area (Å²) >= 11 is 0. The largest absolute Gasteiger partial charge is 0.497 e. The van der Waals surface area contributed by atoms with E-state index in [2.05, 4.69) is 10.3 Å². The van der Waals surface area contributed by atoms with E-state index in [1.807, 2.05) is 38.1 Å². The summed E-state index contributed by atoms with van der Waals surface area (Å²) in [4.78, 5) is 16.0. The normalized spacial score (nSPS) is 12.0. The first-order chi connectivity index (χ1) is 10.6. The Hall–Kier alpha value is -2.30. The fourth-order valence-corrected chi connectivity index (χ4v) is 1.98. The molecule has 0 bridgehead atoms. The zero-order valence-electron chi connectivity index (χ0n) is 13.3. The van der Waals surface area contributed by atoms with Crippen LogP contribution in [0.5, 0.6) is 5.75 Å². The molecule has 2 aromatic rings. The van der Waals surface area contributed by atoms with Gasteiger partial charge in [-0.2, -0.15) is 0 Å². The molecule has 0 radical (unpaired) electrons. The quantitative estimate of drug-likeness (QED) is 0.853. The van der Waals surface area contributed by atoms with E-state index in [1.165, 1.54) is 0 Å². The lowest BCUT2D eigenvalue weighted by molar-refractivity contribution is -0.121. The molecule has 0 fully saturated rings. The number of hydrogen-bond acceptors (Lipinski definition) is 4. The molecule has 1 N–H and O–H groups in total. The summed E-state index contributed by atoms with van der Waals surface area (Å²) in [5.74, 6) is 2.09. The van der Waals surface area contributed by atoms with Crippen molar-refractivity contribution in [2.45, 2.75) is 39.2 Å². The molecular formula is C17H22N2O3. The second-order valence-corrected chi connectivity index (χ2v) is 5.22. The number of nitrogens with one attached hydrogen (secondary N) is 1. The van der Waals surface area contributed by atoms with Crippen molar-refractivity contribution in [3.8, 4) is 17.1 Å². The molecule has 0 aliphatic rings. The van der Waals surface area contributed by atoms with Crippen molar-refractivity contribution >= 4 is 5.91 Å². The Morgan fingerprint density at radius 3 is 2.73 bits per heavy atom. The van der Waals surface area contributed by atoms with Gasteiger partial charge in [0.1, 0.15) is 5.75 Å². The zero-order valence-corrected chi connectivity index (χ0v) is 13.3. The summed E-state index contributed by atoms with van der Waals surface area (Å²) in [5.41, 5.74) is 0.934. The molecule has 0 unspecified atom stereocenters. The van der Waals surface area contributed by atoms with Gasteiger partial charge in [0.15, 0.2) is 11.7 Å². The number of benzene rings is 1. The van der Waals surface area contributed by atoms with Crippen molar-refractivity contribution in [1.29, 1.82) is 0 Å². The van der Waals surface area contributed by atoms with Crippen LogP contribution in [0.25, 0.3) is 11.3 Å². The minimum atomic E-state index is 0.0264. The Kier molecular flexibility index (Phi) is 5.58. The van der Waals surface area contributed by atoms with E-state index in [1.54, 1.807) is 13.3 Å². The average molecular weight is 302 g/mol. The van der Waals surface area contributed by atoms with Crippen molar-refractivity contribution in [3.63, 3.8) is 0 Å². The van der Waals surface area contributed by atoms with Gasteiger partial charge in [-0.05, 0) is 37.6 Å². The van der Waals surface area contributed by atoms with E-state index in [-0.39, 0.29) is 11.9 Å². The van der Waals surface area contributed by atoms with E-state index >= 15 is 0 Å². The van der Waals surface area contributed by atoms with Crippen molar-refractivity contribution in [2.75, 3.05) is 7.11 Å². The molecule has 1 amide bonds. The molecule has 0 aliphatic carbocycles. The summed E-state index contributed by atoms with van der Waals surface area (Å²) < 4.78 is 10.8. The number of aryl methyl sites for hydroxylation is 1.